The van der Waals surface area contributed by atoms with Crippen LogP contribution in [0.2, 0.25) is 0 Å². The average molecular weight is 335 g/mol. The predicted molar refractivity (Wildman–Crippen MR) is 70.7 cm³/mol. The first-order valence-corrected chi connectivity index (χ1v) is 6.15. The van der Waals surface area contributed by atoms with Gasteiger partial charge >= 0.3 is 5.97 Å². The van der Waals surface area contributed by atoms with Gasteiger partial charge in [-0.15, -0.1) is 0 Å². The minimum Gasteiger partial charge on any atom is -0.480 e. The first-order valence-electron chi connectivity index (χ1n) is 5.36. The van der Waals surface area contributed by atoms with Gasteiger partial charge in [0.1, 0.15) is 17.0 Å². The van der Waals surface area contributed by atoms with Crippen LogP contribution in [0.3, 0.4) is 0 Å². The molecule has 0 aliphatic heterocycles. The smallest absolute Gasteiger partial charge is 0.329 e. The molecule has 0 fully saturated rings. The molecule has 1 rings (SSSR count). The second kappa shape index (κ2) is 5.52. The number of carboxylic acids is 1. The molecule has 0 aromatic heterocycles. The first kappa shape index (κ1) is 15.4. The monoisotopic (exact) mass is 334 g/mol. The van der Waals surface area contributed by atoms with E-state index in [0.717, 1.165) is 12.1 Å². The van der Waals surface area contributed by atoms with E-state index in [1.54, 1.807) is 6.92 Å². The number of aliphatic carboxylic acids is 1. The number of carbonyl (C=O) groups is 1. The minimum absolute atomic E-state index is 0.0572. The fraction of sp³-hybridized carbons (Fsp3) is 0.364. The molecule has 0 saturated heterocycles. The quantitative estimate of drug-likeness (QED) is 0.637. The Balaban J connectivity index is 3.30. The summed E-state index contributed by atoms with van der Waals surface area (Å²) in [7, 11) is 0. The molecular weight excluding hydrogens is 323 g/mol. The molecule has 0 radical (unpaired) electrons. The summed E-state index contributed by atoms with van der Waals surface area (Å²) in [6.45, 7) is 2.99. The number of nitro groups is 1. The van der Waals surface area contributed by atoms with Crippen LogP contribution < -0.4 is 5.32 Å². The Morgan fingerprint density at radius 1 is 1.63 bits per heavy atom. The van der Waals surface area contributed by atoms with E-state index in [4.69, 9.17) is 5.11 Å². The van der Waals surface area contributed by atoms with E-state index >= 15 is 0 Å². The summed E-state index contributed by atoms with van der Waals surface area (Å²) in [4.78, 5) is 21.4. The van der Waals surface area contributed by atoms with Gasteiger partial charge in [0.15, 0.2) is 0 Å². The number of nitrogens with one attached hydrogen (secondary N) is 1. The van der Waals surface area contributed by atoms with Crippen LogP contribution in [0.15, 0.2) is 16.6 Å². The number of rotatable bonds is 5. The maximum atomic E-state index is 13.4. The van der Waals surface area contributed by atoms with Crippen LogP contribution in [0.4, 0.5) is 15.8 Å². The van der Waals surface area contributed by atoms with Crippen molar-refractivity contribution in [1.29, 1.82) is 0 Å². The highest BCUT2D eigenvalue weighted by molar-refractivity contribution is 9.10. The first-order chi connectivity index (χ1) is 8.71. The van der Waals surface area contributed by atoms with Crippen LogP contribution >= 0.6 is 15.9 Å². The Kier molecular flexibility index (Phi) is 4.46. The van der Waals surface area contributed by atoms with Gasteiger partial charge in [-0.05, 0) is 29.3 Å². The van der Waals surface area contributed by atoms with Gasteiger partial charge in [-0.3, -0.25) is 10.1 Å². The van der Waals surface area contributed by atoms with Crippen molar-refractivity contribution in [3.8, 4) is 0 Å². The summed E-state index contributed by atoms with van der Waals surface area (Å²) in [5, 5.41) is 22.5. The zero-order valence-corrected chi connectivity index (χ0v) is 11.8. The fourth-order valence-corrected chi connectivity index (χ4v) is 1.71. The molecule has 0 bridgehead atoms. The second-order valence-electron chi connectivity index (χ2n) is 4.16. The van der Waals surface area contributed by atoms with E-state index in [0.29, 0.717) is 0 Å². The van der Waals surface area contributed by atoms with E-state index < -0.39 is 27.9 Å². The maximum Gasteiger partial charge on any atom is 0.329 e. The number of benzene rings is 1. The molecule has 1 aromatic rings. The largest absolute Gasteiger partial charge is 0.480 e. The van der Waals surface area contributed by atoms with E-state index in [9.17, 15) is 19.3 Å². The number of halogens is 2. The lowest BCUT2D eigenvalue weighted by atomic mass is 9.98. The molecule has 8 heteroatoms. The molecule has 2 N–H and O–H groups in total. The van der Waals surface area contributed by atoms with Crippen molar-refractivity contribution in [1.82, 2.24) is 0 Å². The van der Waals surface area contributed by atoms with Crippen molar-refractivity contribution in [2.75, 3.05) is 5.32 Å². The zero-order valence-electron chi connectivity index (χ0n) is 10.2. The molecule has 0 aliphatic rings. The van der Waals surface area contributed by atoms with Crippen molar-refractivity contribution >= 4 is 33.3 Å². The van der Waals surface area contributed by atoms with Crippen molar-refractivity contribution in [3.63, 3.8) is 0 Å². The maximum absolute atomic E-state index is 13.4. The molecule has 0 amide bonds. The standard InChI is InChI=1S/C11H12BrFN2O4/c1-3-11(2,10(16)17)14-8-5-7(13)6(12)4-9(8)15(18)19/h4-5,14H,3H2,1-2H3,(H,16,17). The van der Waals surface area contributed by atoms with Crippen LogP contribution in [0.5, 0.6) is 0 Å². The molecule has 19 heavy (non-hydrogen) atoms. The lowest BCUT2D eigenvalue weighted by Crippen LogP contribution is -2.42. The van der Waals surface area contributed by atoms with Crippen molar-refractivity contribution < 1.29 is 19.2 Å². The number of nitrogens with zero attached hydrogens (tertiary/aromatic N) is 1. The molecule has 0 heterocycles. The number of nitro benzene ring substituents is 1. The summed E-state index contributed by atoms with van der Waals surface area (Å²) in [6, 6.07) is 1.90. The summed E-state index contributed by atoms with van der Waals surface area (Å²) >= 11 is 2.85. The van der Waals surface area contributed by atoms with Crippen LogP contribution in [-0.2, 0) is 4.79 Å². The van der Waals surface area contributed by atoms with E-state index in [1.165, 1.54) is 6.92 Å². The van der Waals surface area contributed by atoms with Crippen molar-refractivity contribution in [2.24, 2.45) is 0 Å². The summed E-state index contributed by atoms with van der Waals surface area (Å²) in [5.74, 6) is -1.88. The number of anilines is 1. The molecular formula is C11H12BrFN2O4. The third-order valence-electron chi connectivity index (χ3n) is 2.82. The Hall–Kier alpha value is -1.70. The van der Waals surface area contributed by atoms with E-state index in [-0.39, 0.29) is 16.6 Å². The van der Waals surface area contributed by atoms with Gasteiger partial charge in [-0.25, -0.2) is 9.18 Å². The van der Waals surface area contributed by atoms with Gasteiger partial charge in [0.25, 0.3) is 5.69 Å². The molecule has 1 aromatic carbocycles. The summed E-state index contributed by atoms with van der Waals surface area (Å²) in [5.41, 5.74) is -1.97. The Labute approximate surface area is 116 Å². The lowest BCUT2D eigenvalue weighted by Gasteiger charge is -2.25. The number of hydrogen-bond acceptors (Lipinski definition) is 4. The SMILES string of the molecule is CCC(C)(Nc1cc(F)c(Br)cc1[N+](=O)[O-])C(=O)O. The summed E-state index contributed by atoms with van der Waals surface area (Å²) in [6.07, 6.45) is 0.178. The number of carboxylic acid groups (broad SMARTS) is 1. The fourth-order valence-electron chi connectivity index (χ4n) is 1.38. The van der Waals surface area contributed by atoms with Gasteiger partial charge in [0.05, 0.1) is 9.40 Å². The lowest BCUT2D eigenvalue weighted by molar-refractivity contribution is -0.384. The topological polar surface area (TPSA) is 92.5 Å². The van der Waals surface area contributed by atoms with Crippen molar-refractivity contribution in [3.05, 3.63) is 32.5 Å². The molecule has 1 atom stereocenters. The van der Waals surface area contributed by atoms with Gasteiger partial charge in [-0.2, -0.15) is 0 Å². The number of hydrogen-bond donors (Lipinski definition) is 2. The van der Waals surface area contributed by atoms with E-state index in [2.05, 4.69) is 21.2 Å². The van der Waals surface area contributed by atoms with Gasteiger partial charge in [0, 0.05) is 12.1 Å². The van der Waals surface area contributed by atoms with Crippen molar-refractivity contribution in [2.45, 2.75) is 25.8 Å². The normalized spacial score (nSPS) is 13.7. The van der Waals surface area contributed by atoms with Gasteiger partial charge < -0.3 is 10.4 Å². The molecule has 6 nitrogen and oxygen atoms in total. The highest BCUT2D eigenvalue weighted by Crippen LogP contribution is 2.33. The molecule has 104 valence electrons. The van der Waals surface area contributed by atoms with Gasteiger partial charge in [0.2, 0.25) is 0 Å². The Morgan fingerprint density at radius 2 is 2.21 bits per heavy atom. The Bertz CT molecular complexity index is 538. The third kappa shape index (κ3) is 3.19. The highest BCUT2D eigenvalue weighted by Gasteiger charge is 2.33. The van der Waals surface area contributed by atoms with Crippen LogP contribution in [0.1, 0.15) is 20.3 Å². The Morgan fingerprint density at radius 3 is 2.63 bits per heavy atom. The van der Waals surface area contributed by atoms with E-state index in [1.807, 2.05) is 0 Å². The summed E-state index contributed by atoms with van der Waals surface area (Å²) < 4.78 is 13.4. The average Bonchev–Trinajstić information content (AvgIpc) is 2.32. The minimum atomic E-state index is -1.41. The molecule has 1 unspecified atom stereocenters. The molecule has 0 spiro atoms. The molecule has 0 saturated carbocycles. The molecule has 0 aliphatic carbocycles. The van der Waals surface area contributed by atoms with Gasteiger partial charge in [-0.1, -0.05) is 6.92 Å². The second-order valence-corrected chi connectivity index (χ2v) is 5.01. The van der Waals surface area contributed by atoms with Crippen LogP contribution in [-0.4, -0.2) is 21.5 Å². The zero-order chi connectivity index (χ0) is 14.8. The predicted octanol–water partition coefficient (Wildman–Crippen LogP) is 3.16. The van der Waals surface area contributed by atoms with Crippen LogP contribution in [0, 0.1) is 15.9 Å². The van der Waals surface area contributed by atoms with Crippen LogP contribution in [0.25, 0.3) is 0 Å². The highest BCUT2D eigenvalue weighted by atomic mass is 79.9. The third-order valence-corrected chi connectivity index (χ3v) is 3.43.